The molecular formula is C35H36N2O3. The highest BCUT2D eigenvalue weighted by Gasteiger charge is 2.53. The zero-order valence-corrected chi connectivity index (χ0v) is 23.5. The van der Waals surface area contributed by atoms with Crippen molar-refractivity contribution in [2.24, 2.45) is 0 Å². The summed E-state index contributed by atoms with van der Waals surface area (Å²) in [5, 5.41) is 3.55. The molecule has 2 aliphatic rings. The fourth-order valence-corrected chi connectivity index (χ4v) is 6.02. The average molecular weight is 533 g/mol. The third-order valence-electron chi connectivity index (χ3n) is 8.12. The largest absolute Gasteiger partial charge is 0.456 e. The molecule has 4 aromatic carbocycles. The highest BCUT2D eigenvalue weighted by atomic mass is 16.6. The maximum atomic E-state index is 13.3. The minimum atomic E-state index is -1.09. The van der Waals surface area contributed by atoms with Gasteiger partial charge in [-0.05, 0) is 68.3 Å². The van der Waals surface area contributed by atoms with Gasteiger partial charge in [-0.2, -0.15) is 0 Å². The summed E-state index contributed by atoms with van der Waals surface area (Å²) in [6.45, 7) is 8.41. The Labute approximate surface area is 236 Å². The van der Waals surface area contributed by atoms with Crippen LogP contribution < -0.4 is 15.0 Å². The van der Waals surface area contributed by atoms with E-state index in [-0.39, 0.29) is 5.97 Å². The van der Waals surface area contributed by atoms with Gasteiger partial charge >= 0.3 is 5.97 Å². The Morgan fingerprint density at radius 3 is 2.38 bits per heavy atom. The first-order valence-corrected chi connectivity index (χ1v) is 14.4. The first-order chi connectivity index (χ1) is 19.5. The molecule has 0 fully saturated rings. The van der Waals surface area contributed by atoms with Crippen molar-refractivity contribution in [1.82, 2.24) is 0 Å². The van der Waals surface area contributed by atoms with Gasteiger partial charge in [0, 0.05) is 52.9 Å². The van der Waals surface area contributed by atoms with E-state index in [1.54, 1.807) is 0 Å². The maximum Gasteiger partial charge on any atom is 0.340 e. The molecule has 0 aromatic heterocycles. The van der Waals surface area contributed by atoms with E-state index in [4.69, 9.17) is 9.47 Å². The lowest BCUT2D eigenvalue weighted by Crippen LogP contribution is -2.33. The Hall–Kier alpha value is -4.25. The topological polar surface area (TPSA) is 50.8 Å². The standard InChI is InChI=1S/C35H36N2O3/c1-4-6-7-13-20-37(5-2)26-18-19-29-33(22-26)39-32-21-24(3)31(36-25-14-9-8-10-15-25)23-30(32)35(29)28-17-12-11-16-27(28)34(38)40-35/h8-12,14-19,21-23,36H,4-7,13,20H2,1-3H3. The number of aryl methyl sites for hydroxylation is 1. The monoisotopic (exact) mass is 532 g/mol. The van der Waals surface area contributed by atoms with Crippen LogP contribution in [-0.2, 0) is 10.3 Å². The molecule has 5 heteroatoms. The fourth-order valence-electron chi connectivity index (χ4n) is 6.02. The van der Waals surface area contributed by atoms with Gasteiger partial charge in [0.1, 0.15) is 11.5 Å². The predicted octanol–water partition coefficient (Wildman–Crippen LogP) is 8.71. The van der Waals surface area contributed by atoms with E-state index in [1.165, 1.54) is 19.3 Å². The van der Waals surface area contributed by atoms with Crippen LogP contribution in [0.25, 0.3) is 0 Å². The van der Waals surface area contributed by atoms with Gasteiger partial charge in [0.15, 0.2) is 5.60 Å². The molecule has 5 nitrogen and oxygen atoms in total. The van der Waals surface area contributed by atoms with Gasteiger partial charge in [-0.3, -0.25) is 0 Å². The number of nitrogens with zero attached hydrogens (tertiary/aromatic N) is 1. The molecule has 1 unspecified atom stereocenters. The number of anilines is 3. The second-order valence-corrected chi connectivity index (χ2v) is 10.7. The Bertz CT molecular complexity index is 1550. The number of hydrogen-bond acceptors (Lipinski definition) is 5. The zero-order chi connectivity index (χ0) is 27.7. The minimum absolute atomic E-state index is 0.317. The number of carbonyl (C=O) groups excluding carboxylic acids is 1. The average Bonchev–Trinajstić information content (AvgIpc) is 3.27. The first kappa shape index (κ1) is 26.0. The minimum Gasteiger partial charge on any atom is -0.456 e. The quantitative estimate of drug-likeness (QED) is 0.173. The number of esters is 1. The Morgan fingerprint density at radius 2 is 1.57 bits per heavy atom. The van der Waals surface area contributed by atoms with E-state index in [9.17, 15) is 4.79 Å². The van der Waals surface area contributed by atoms with Crippen molar-refractivity contribution in [3.63, 3.8) is 0 Å². The van der Waals surface area contributed by atoms with Crippen molar-refractivity contribution in [3.8, 4) is 11.5 Å². The lowest BCUT2D eigenvalue weighted by molar-refractivity contribution is 0.0224. The van der Waals surface area contributed by atoms with Crippen LogP contribution in [0.15, 0.2) is 84.9 Å². The third-order valence-corrected chi connectivity index (χ3v) is 8.12. The van der Waals surface area contributed by atoms with Gasteiger partial charge < -0.3 is 19.7 Å². The molecule has 0 amide bonds. The summed E-state index contributed by atoms with van der Waals surface area (Å²) < 4.78 is 13.0. The molecule has 0 saturated heterocycles. The van der Waals surface area contributed by atoms with E-state index < -0.39 is 5.60 Å². The van der Waals surface area contributed by atoms with Crippen molar-refractivity contribution in [2.45, 2.75) is 52.1 Å². The van der Waals surface area contributed by atoms with E-state index in [1.807, 2.05) is 54.6 Å². The summed E-state index contributed by atoms with van der Waals surface area (Å²) in [6.07, 6.45) is 4.88. The molecule has 0 radical (unpaired) electrons. The summed E-state index contributed by atoms with van der Waals surface area (Å²) in [4.78, 5) is 15.7. The van der Waals surface area contributed by atoms with Crippen LogP contribution in [0.5, 0.6) is 11.5 Å². The van der Waals surface area contributed by atoms with Crippen molar-refractivity contribution in [3.05, 3.63) is 113 Å². The molecule has 1 N–H and O–H groups in total. The molecule has 0 aliphatic carbocycles. The lowest BCUT2D eigenvalue weighted by Gasteiger charge is -2.38. The highest BCUT2D eigenvalue weighted by molar-refractivity contribution is 5.97. The van der Waals surface area contributed by atoms with Crippen molar-refractivity contribution in [1.29, 1.82) is 0 Å². The first-order valence-electron chi connectivity index (χ1n) is 14.4. The molecule has 0 saturated carbocycles. The number of nitrogens with one attached hydrogen (secondary N) is 1. The number of hydrogen-bond donors (Lipinski definition) is 1. The maximum absolute atomic E-state index is 13.3. The van der Waals surface area contributed by atoms with E-state index in [2.05, 4.69) is 61.3 Å². The molecule has 2 heterocycles. The number of benzene rings is 4. The number of carbonyl (C=O) groups is 1. The SMILES string of the molecule is CCCCCCN(CC)c1ccc2c(c1)Oc1cc(C)c(Nc3ccccc3)cc1C21OC(=O)c2ccccc21. The van der Waals surface area contributed by atoms with Crippen molar-refractivity contribution in [2.75, 3.05) is 23.3 Å². The molecule has 204 valence electrons. The third kappa shape index (κ3) is 4.40. The van der Waals surface area contributed by atoms with Gasteiger partial charge in [0.2, 0.25) is 0 Å². The second kappa shape index (κ2) is 10.7. The van der Waals surface area contributed by atoms with Gasteiger partial charge in [-0.1, -0.05) is 62.6 Å². The molecule has 4 aromatic rings. The van der Waals surface area contributed by atoms with Gasteiger partial charge in [-0.15, -0.1) is 0 Å². The van der Waals surface area contributed by atoms with Crippen LogP contribution in [0.3, 0.4) is 0 Å². The Kier molecular flexibility index (Phi) is 6.97. The molecule has 1 spiro atoms. The normalized spacial score (nSPS) is 16.5. The van der Waals surface area contributed by atoms with Crippen LogP contribution in [0.1, 0.15) is 72.1 Å². The highest BCUT2D eigenvalue weighted by Crippen LogP contribution is 2.57. The van der Waals surface area contributed by atoms with E-state index in [0.717, 1.165) is 64.6 Å². The molecule has 40 heavy (non-hydrogen) atoms. The summed E-state index contributed by atoms with van der Waals surface area (Å²) >= 11 is 0. The summed E-state index contributed by atoms with van der Waals surface area (Å²) in [7, 11) is 0. The van der Waals surface area contributed by atoms with Crippen LogP contribution in [0.4, 0.5) is 17.1 Å². The van der Waals surface area contributed by atoms with Crippen LogP contribution in [-0.4, -0.2) is 19.1 Å². The van der Waals surface area contributed by atoms with Gasteiger partial charge in [0.25, 0.3) is 0 Å². The second-order valence-electron chi connectivity index (χ2n) is 10.7. The van der Waals surface area contributed by atoms with E-state index >= 15 is 0 Å². The Balaban J connectivity index is 1.48. The smallest absolute Gasteiger partial charge is 0.340 e. The molecule has 2 aliphatic heterocycles. The fraction of sp³-hybridized carbons (Fsp3) is 0.286. The summed E-state index contributed by atoms with van der Waals surface area (Å²) in [5.41, 5.74) is 6.11. The summed E-state index contributed by atoms with van der Waals surface area (Å²) in [5.74, 6) is 1.11. The Morgan fingerprint density at radius 1 is 0.800 bits per heavy atom. The number of unbranched alkanes of at least 4 members (excludes halogenated alkanes) is 3. The molecule has 6 rings (SSSR count). The van der Waals surface area contributed by atoms with Crippen LogP contribution >= 0.6 is 0 Å². The van der Waals surface area contributed by atoms with E-state index in [0.29, 0.717) is 11.3 Å². The van der Waals surface area contributed by atoms with Crippen LogP contribution in [0.2, 0.25) is 0 Å². The zero-order valence-electron chi connectivity index (χ0n) is 23.5. The van der Waals surface area contributed by atoms with Crippen molar-refractivity contribution >= 4 is 23.0 Å². The summed E-state index contributed by atoms with van der Waals surface area (Å²) in [6, 6.07) is 28.3. The molecule has 0 bridgehead atoms. The molecule has 1 atom stereocenters. The number of ether oxygens (including phenoxy) is 2. The lowest BCUT2D eigenvalue weighted by atomic mass is 9.77. The number of fused-ring (bicyclic) bond motifs is 6. The van der Waals surface area contributed by atoms with Gasteiger partial charge in [-0.25, -0.2) is 4.79 Å². The molecular weight excluding hydrogens is 496 g/mol. The number of rotatable bonds is 9. The number of para-hydroxylation sites is 1. The van der Waals surface area contributed by atoms with Crippen LogP contribution in [0, 0.1) is 6.92 Å². The van der Waals surface area contributed by atoms with Crippen molar-refractivity contribution < 1.29 is 14.3 Å². The predicted molar refractivity (Wildman–Crippen MR) is 161 cm³/mol. The van der Waals surface area contributed by atoms with Gasteiger partial charge in [0.05, 0.1) is 5.56 Å².